The Kier molecular flexibility index (Phi) is 5.46. The number of aliphatic hydroxyl groups excluding tert-OH is 1. The van der Waals surface area contributed by atoms with E-state index in [4.69, 9.17) is 8.83 Å². The molecule has 3 aromatic rings. The fourth-order valence-corrected chi connectivity index (χ4v) is 3.87. The van der Waals surface area contributed by atoms with E-state index in [0.717, 1.165) is 18.5 Å². The highest BCUT2D eigenvalue weighted by Crippen LogP contribution is 2.39. The smallest absolute Gasteiger partial charge is 0.290 e. The third-order valence-corrected chi connectivity index (χ3v) is 5.56. The largest absolute Gasteiger partial charge is 0.503 e. The second-order valence-electron chi connectivity index (χ2n) is 7.18. The van der Waals surface area contributed by atoms with Gasteiger partial charge in [0.15, 0.2) is 11.5 Å². The van der Waals surface area contributed by atoms with Crippen LogP contribution in [0.15, 0.2) is 68.9 Å². The summed E-state index contributed by atoms with van der Waals surface area (Å²) in [5, 5.41) is 11.4. The molecule has 0 bridgehead atoms. The number of furan rings is 2. The van der Waals surface area contributed by atoms with Crippen molar-refractivity contribution in [3.05, 3.63) is 71.6 Å². The molecule has 1 aliphatic rings. The number of likely N-dealkylation sites (N-methyl/N-ethyl adjacent to an activating group) is 1. The average molecular weight is 408 g/mol. The first-order valence-electron chi connectivity index (χ1n) is 10.1. The van der Waals surface area contributed by atoms with Crippen molar-refractivity contribution in [2.45, 2.75) is 19.9 Å². The fourth-order valence-electron chi connectivity index (χ4n) is 3.87. The molecule has 156 valence electrons. The lowest BCUT2D eigenvalue weighted by atomic mass is 9.99. The Morgan fingerprint density at radius 3 is 2.60 bits per heavy atom. The van der Waals surface area contributed by atoms with E-state index < -0.39 is 23.5 Å². The third kappa shape index (κ3) is 3.41. The van der Waals surface area contributed by atoms with Gasteiger partial charge in [-0.25, -0.2) is 0 Å². The molecule has 7 heteroatoms. The molecule has 4 rings (SSSR count). The fraction of sp³-hybridized carbons (Fsp3) is 0.304. The molecule has 1 atom stereocenters. The van der Waals surface area contributed by atoms with E-state index in [2.05, 4.69) is 4.90 Å². The second kappa shape index (κ2) is 8.20. The summed E-state index contributed by atoms with van der Waals surface area (Å²) in [6.45, 7) is 6.75. The number of hydrogen-bond acceptors (Lipinski definition) is 6. The lowest BCUT2D eigenvalue weighted by Crippen LogP contribution is -2.38. The molecule has 1 aliphatic heterocycles. The van der Waals surface area contributed by atoms with Crippen LogP contribution in [0, 0.1) is 0 Å². The summed E-state index contributed by atoms with van der Waals surface area (Å²) in [5.74, 6) is -1.16. The quantitative estimate of drug-likeness (QED) is 0.568. The standard InChI is InChI=1S/C23H24N2O5/c1-3-24(4-2)11-12-25-20(17-10-7-13-29-17)19(22(27)23(25)28)21(26)18-14-15-8-5-6-9-16(15)30-18/h5-10,13-14,20,27H,3-4,11-12H2,1-2H3/t20-/m0/s1. The summed E-state index contributed by atoms with van der Waals surface area (Å²) < 4.78 is 11.2. The van der Waals surface area contributed by atoms with Gasteiger partial charge in [-0.05, 0) is 37.4 Å². The van der Waals surface area contributed by atoms with Gasteiger partial charge in [0.1, 0.15) is 17.4 Å². The zero-order chi connectivity index (χ0) is 21.3. The van der Waals surface area contributed by atoms with Gasteiger partial charge in [-0.2, -0.15) is 0 Å². The Balaban J connectivity index is 1.71. The topological polar surface area (TPSA) is 87.1 Å². The Hall–Kier alpha value is -3.32. The number of nitrogens with zero attached hydrogens (tertiary/aromatic N) is 2. The van der Waals surface area contributed by atoms with Crippen molar-refractivity contribution in [3.63, 3.8) is 0 Å². The zero-order valence-electron chi connectivity index (χ0n) is 17.0. The van der Waals surface area contributed by atoms with E-state index in [1.165, 1.54) is 11.2 Å². The van der Waals surface area contributed by atoms with Crippen LogP contribution in [0.5, 0.6) is 0 Å². The van der Waals surface area contributed by atoms with Crippen LogP contribution in [0.1, 0.15) is 36.2 Å². The van der Waals surface area contributed by atoms with Crippen LogP contribution in [-0.2, 0) is 4.79 Å². The molecular weight excluding hydrogens is 384 g/mol. The molecule has 7 nitrogen and oxygen atoms in total. The van der Waals surface area contributed by atoms with Crippen LogP contribution >= 0.6 is 0 Å². The van der Waals surface area contributed by atoms with E-state index in [1.807, 2.05) is 32.0 Å². The second-order valence-corrected chi connectivity index (χ2v) is 7.18. The molecule has 30 heavy (non-hydrogen) atoms. The van der Waals surface area contributed by atoms with Crippen LogP contribution in [-0.4, -0.2) is 52.8 Å². The monoisotopic (exact) mass is 408 g/mol. The van der Waals surface area contributed by atoms with Gasteiger partial charge in [-0.3, -0.25) is 9.59 Å². The van der Waals surface area contributed by atoms with Crippen LogP contribution in [0.2, 0.25) is 0 Å². The highest BCUT2D eigenvalue weighted by Gasteiger charge is 2.45. The van der Waals surface area contributed by atoms with E-state index in [1.54, 1.807) is 24.3 Å². The minimum Gasteiger partial charge on any atom is -0.503 e. The molecule has 0 radical (unpaired) electrons. The summed E-state index contributed by atoms with van der Waals surface area (Å²) in [4.78, 5) is 29.9. The Bertz CT molecular complexity index is 1060. The van der Waals surface area contributed by atoms with Crippen molar-refractivity contribution >= 4 is 22.7 Å². The predicted octanol–water partition coefficient (Wildman–Crippen LogP) is 3.95. The van der Waals surface area contributed by atoms with Crippen LogP contribution in [0.4, 0.5) is 0 Å². The van der Waals surface area contributed by atoms with Crippen molar-refractivity contribution in [1.82, 2.24) is 9.80 Å². The minimum absolute atomic E-state index is 0.0199. The van der Waals surface area contributed by atoms with Crippen molar-refractivity contribution in [1.29, 1.82) is 0 Å². The maximum Gasteiger partial charge on any atom is 0.290 e. The van der Waals surface area contributed by atoms with Gasteiger partial charge in [0.2, 0.25) is 5.78 Å². The highest BCUT2D eigenvalue weighted by molar-refractivity contribution is 6.15. The van der Waals surface area contributed by atoms with Crippen molar-refractivity contribution < 1.29 is 23.5 Å². The summed E-state index contributed by atoms with van der Waals surface area (Å²) in [6.07, 6.45) is 1.49. The number of hydrogen-bond donors (Lipinski definition) is 1. The third-order valence-electron chi connectivity index (χ3n) is 5.56. The lowest BCUT2D eigenvalue weighted by molar-refractivity contribution is -0.129. The van der Waals surface area contributed by atoms with Gasteiger partial charge in [-0.1, -0.05) is 32.0 Å². The van der Waals surface area contributed by atoms with Crippen molar-refractivity contribution in [3.8, 4) is 0 Å². The number of Topliss-reactive ketones (excluding diaryl/α,β-unsaturated/α-hetero) is 1. The van der Waals surface area contributed by atoms with Crippen LogP contribution < -0.4 is 0 Å². The van der Waals surface area contributed by atoms with E-state index in [0.29, 0.717) is 24.4 Å². The number of benzene rings is 1. The van der Waals surface area contributed by atoms with Gasteiger partial charge < -0.3 is 23.7 Å². The van der Waals surface area contributed by atoms with Gasteiger partial charge in [0.05, 0.1) is 11.8 Å². The molecule has 3 heterocycles. The van der Waals surface area contributed by atoms with Gasteiger partial charge in [-0.15, -0.1) is 0 Å². The number of carbonyl (C=O) groups is 2. The maximum atomic E-state index is 13.3. The molecule has 1 aromatic carbocycles. The van der Waals surface area contributed by atoms with Crippen molar-refractivity contribution in [2.24, 2.45) is 0 Å². The molecular formula is C23H24N2O5. The van der Waals surface area contributed by atoms with E-state index >= 15 is 0 Å². The predicted molar refractivity (Wildman–Crippen MR) is 111 cm³/mol. The number of carbonyl (C=O) groups excluding carboxylic acids is 2. The maximum absolute atomic E-state index is 13.3. The van der Waals surface area contributed by atoms with E-state index in [9.17, 15) is 14.7 Å². The molecule has 2 aromatic heterocycles. The van der Waals surface area contributed by atoms with Crippen molar-refractivity contribution in [2.75, 3.05) is 26.2 Å². The number of amides is 1. The summed E-state index contributed by atoms with van der Waals surface area (Å²) in [6, 6.07) is 11.5. The first kappa shape index (κ1) is 20.0. The molecule has 0 saturated heterocycles. The highest BCUT2D eigenvalue weighted by atomic mass is 16.3. The molecule has 0 spiro atoms. The van der Waals surface area contributed by atoms with Gasteiger partial charge >= 0.3 is 0 Å². The Morgan fingerprint density at radius 2 is 1.93 bits per heavy atom. The zero-order valence-corrected chi connectivity index (χ0v) is 17.0. The first-order chi connectivity index (χ1) is 14.5. The number of fused-ring (bicyclic) bond motifs is 1. The molecule has 1 amide bonds. The number of ketones is 1. The first-order valence-corrected chi connectivity index (χ1v) is 10.1. The summed E-state index contributed by atoms with van der Waals surface area (Å²) >= 11 is 0. The molecule has 0 unspecified atom stereocenters. The molecule has 0 saturated carbocycles. The van der Waals surface area contributed by atoms with E-state index in [-0.39, 0.29) is 11.3 Å². The number of aliphatic hydroxyl groups is 1. The van der Waals surface area contributed by atoms with Gasteiger partial charge in [0, 0.05) is 18.5 Å². The van der Waals surface area contributed by atoms with Gasteiger partial charge in [0.25, 0.3) is 5.91 Å². The summed E-state index contributed by atoms with van der Waals surface area (Å²) in [5.41, 5.74) is 0.548. The SMILES string of the molecule is CCN(CC)CCN1C(=O)C(O)=C(C(=O)c2cc3ccccc3o2)[C@@H]1c1ccco1. The molecule has 0 fully saturated rings. The number of rotatable bonds is 8. The van der Waals surface area contributed by atoms with Crippen LogP contribution in [0.3, 0.4) is 0 Å². The normalized spacial score (nSPS) is 17.0. The van der Waals surface area contributed by atoms with Crippen LogP contribution in [0.25, 0.3) is 11.0 Å². The average Bonchev–Trinajstić information content (AvgIpc) is 3.48. The molecule has 1 N–H and O–H groups in total. The Labute approximate surface area is 174 Å². The summed E-state index contributed by atoms with van der Waals surface area (Å²) in [7, 11) is 0. The lowest BCUT2D eigenvalue weighted by Gasteiger charge is -2.27. The Morgan fingerprint density at radius 1 is 1.17 bits per heavy atom. The molecule has 0 aliphatic carbocycles. The number of para-hydroxylation sites is 1. The minimum atomic E-state index is -0.802.